The Kier molecular flexibility index (Phi) is 4.39. The van der Waals surface area contributed by atoms with Gasteiger partial charge in [0.1, 0.15) is 5.82 Å². The summed E-state index contributed by atoms with van der Waals surface area (Å²) in [7, 11) is 0. The smallest absolute Gasteiger partial charge is 0.151 e. The fourth-order valence-corrected chi connectivity index (χ4v) is 3.99. The molecule has 25 heavy (non-hydrogen) atoms. The lowest BCUT2D eigenvalue weighted by Crippen LogP contribution is -2.18. The van der Waals surface area contributed by atoms with Crippen LogP contribution in [0, 0.1) is 11.6 Å². The van der Waals surface area contributed by atoms with Gasteiger partial charge in [0.25, 0.3) is 0 Å². The first-order valence-corrected chi connectivity index (χ1v) is 9.40. The van der Waals surface area contributed by atoms with E-state index in [1.54, 1.807) is 16.3 Å². The molecule has 6 heteroatoms. The van der Waals surface area contributed by atoms with E-state index in [1.165, 1.54) is 12.1 Å². The number of halogens is 3. The van der Waals surface area contributed by atoms with Crippen molar-refractivity contribution in [1.29, 1.82) is 0 Å². The maximum Gasteiger partial charge on any atom is 0.151 e. The minimum atomic E-state index is -0.609. The van der Waals surface area contributed by atoms with Crippen molar-refractivity contribution in [3.05, 3.63) is 86.5 Å². The van der Waals surface area contributed by atoms with Gasteiger partial charge in [-0.1, -0.05) is 34.1 Å². The lowest BCUT2D eigenvalue weighted by Gasteiger charge is -2.23. The second-order valence-corrected chi connectivity index (χ2v) is 7.62. The number of rotatable bonds is 3. The molecule has 3 aromatic rings. The number of thiophene rings is 1. The van der Waals surface area contributed by atoms with E-state index in [1.807, 2.05) is 41.8 Å². The summed E-state index contributed by atoms with van der Waals surface area (Å²) in [5.41, 5.74) is 2.16. The molecule has 2 aromatic carbocycles. The fraction of sp³-hybridized carbons (Fsp3) is 0.105. The highest BCUT2D eigenvalue weighted by Crippen LogP contribution is 2.39. The van der Waals surface area contributed by atoms with E-state index in [2.05, 4.69) is 21.0 Å². The van der Waals surface area contributed by atoms with E-state index < -0.39 is 11.6 Å². The van der Waals surface area contributed by atoms with Crippen molar-refractivity contribution in [1.82, 2.24) is 0 Å². The maximum absolute atomic E-state index is 14.3. The van der Waals surface area contributed by atoms with Crippen LogP contribution in [0.15, 0.2) is 69.6 Å². The van der Waals surface area contributed by atoms with Crippen molar-refractivity contribution >= 4 is 38.7 Å². The Morgan fingerprint density at radius 1 is 1.08 bits per heavy atom. The third-order valence-corrected chi connectivity index (χ3v) is 5.62. The van der Waals surface area contributed by atoms with Crippen LogP contribution in [0.25, 0.3) is 0 Å². The van der Waals surface area contributed by atoms with E-state index in [4.69, 9.17) is 0 Å². The first-order chi connectivity index (χ1) is 12.1. The van der Waals surface area contributed by atoms with Crippen molar-refractivity contribution in [3.8, 4) is 0 Å². The summed E-state index contributed by atoms with van der Waals surface area (Å²) in [5.74, 6) is -1.20. The number of hydrazone groups is 1. The first kappa shape index (κ1) is 16.4. The van der Waals surface area contributed by atoms with Crippen molar-refractivity contribution in [2.24, 2.45) is 5.10 Å². The van der Waals surface area contributed by atoms with Gasteiger partial charge in [-0.15, -0.1) is 11.3 Å². The highest BCUT2D eigenvalue weighted by molar-refractivity contribution is 9.10. The summed E-state index contributed by atoms with van der Waals surface area (Å²) in [6.07, 6.45) is 0.666. The molecular formula is C19H13BrF2N2S. The Balaban J connectivity index is 1.77. The number of benzene rings is 2. The number of anilines is 1. The molecule has 0 spiro atoms. The number of hydrogen-bond donors (Lipinski definition) is 0. The molecule has 2 heterocycles. The molecule has 1 aromatic heterocycles. The molecule has 0 aliphatic carbocycles. The molecule has 126 valence electrons. The third-order valence-electron chi connectivity index (χ3n) is 4.12. The monoisotopic (exact) mass is 418 g/mol. The molecule has 1 aliphatic rings. The van der Waals surface area contributed by atoms with Gasteiger partial charge in [0, 0.05) is 21.8 Å². The zero-order valence-corrected chi connectivity index (χ0v) is 15.4. The van der Waals surface area contributed by atoms with Crippen LogP contribution in [0.4, 0.5) is 14.5 Å². The van der Waals surface area contributed by atoms with Crippen LogP contribution in [0.5, 0.6) is 0 Å². The Bertz CT molecular complexity index is 923. The molecule has 0 radical (unpaired) electrons. The normalized spacial score (nSPS) is 17.0. The zero-order valence-electron chi connectivity index (χ0n) is 13.0. The summed E-state index contributed by atoms with van der Waals surface area (Å²) in [6.45, 7) is 0. The first-order valence-electron chi connectivity index (χ1n) is 7.73. The summed E-state index contributed by atoms with van der Waals surface area (Å²) >= 11 is 5.04. The Morgan fingerprint density at radius 2 is 1.88 bits per heavy atom. The van der Waals surface area contributed by atoms with E-state index in [-0.39, 0.29) is 11.7 Å². The molecule has 4 rings (SSSR count). The van der Waals surface area contributed by atoms with Gasteiger partial charge in [0.05, 0.1) is 17.4 Å². The second-order valence-electron chi connectivity index (χ2n) is 5.73. The van der Waals surface area contributed by atoms with Gasteiger partial charge in [0.15, 0.2) is 5.82 Å². The molecule has 0 saturated heterocycles. The van der Waals surface area contributed by atoms with Crippen LogP contribution >= 0.6 is 27.3 Å². The quantitative estimate of drug-likeness (QED) is 0.498. The SMILES string of the molecule is Fc1ccc(N2N=C(c3ccc(Br)cc3)CC2c2cccs2)c(F)c1. The topological polar surface area (TPSA) is 15.6 Å². The van der Waals surface area contributed by atoms with Crippen molar-refractivity contribution in [2.75, 3.05) is 5.01 Å². The standard InChI is InChI=1S/C19H13BrF2N2S/c20-13-5-3-12(4-6-13)16-11-18(19-2-1-9-25-19)24(23-16)17-8-7-14(21)10-15(17)22/h1-10,18H,11H2. The molecule has 1 aliphatic heterocycles. The Hall–Kier alpha value is -2.05. The number of nitrogens with zero attached hydrogens (tertiary/aromatic N) is 2. The van der Waals surface area contributed by atoms with E-state index in [0.29, 0.717) is 6.42 Å². The lowest BCUT2D eigenvalue weighted by molar-refractivity contribution is 0.574. The Morgan fingerprint density at radius 3 is 2.56 bits per heavy atom. The average molecular weight is 419 g/mol. The molecule has 1 unspecified atom stereocenters. The summed E-state index contributed by atoms with van der Waals surface area (Å²) in [4.78, 5) is 1.10. The zero-order chi connectivity index (χ0) is 17.4. The van der Waals surface area contributed by atoms with E-state index in [9.17, 15) is 8.78 Å². The van der Waals surface area contributed by atoms with Crippen LogP contribution in [-0.2, 0) is 0 Å². The molecule has 0 saturated carbocycles. The summed E-state index contributed by atoms with van der Waals surface area (Å²) in [6, 6.07) is 15.4. The maximum atomic E-state index is 14.3. The molecule has 0 fully saturated rings. The highest BCUT2D eigenvalue weighted by Gasteiger charge is 2.32. The molecular weight excluding hydrogens is 406 g/mol. The summed E-state index contributed by atoms with van der Waals surface area (Å²) in [5, 5.41) is 8.32. The molecule has 0 amide bonds. The van der Waals surface area contributed by atoms with Gasteiger partial charge in [0.2, 0.25) is 0 Å². The van der Waals surface area contributed by atoms with Crippen LogP contribution < -0.4 is 5.01 Å². The van der Waals surface area contributed by atoms with Gasteiger partial charge in [-0.05, 0) is 41.3 Å². The minimum Gasteiger partial charge on any atom is -0.254 e. The van der Waals surface area contributed by atoms with Crippen molar-refractivity contribution in [3.63, 3.8) is 0 Å². The lowest BCUT2D eigenvalue weighted by atomic mass is 10.0. The van der Waals surface area contributed by atoms with Crippen LogP contribution in [0.1, 0.15) is 22.9 Å². The predicted molar refractivity (Wildman–Crippen MR) is 101 cm³/mol. The van der Waals surface area contributed by atoms with Crippen LogP contribution in [0.2, 0.25) is 0 Å². The predicted octanol–water partition coefficient (Wildman–Crippen LogP) is 6.14. The highest BCUT2D eigenvalue weighted by atomic mass is 79.9. The van der Waals surface area contributed by atoms with Gasteiger partial charge in [-0.25, -0.2) is 8.78 Å². The third kappa shape index (κ3) is 3.24. The molecule has 0 N–H and O–H groups in total. The van der Waals surface area contributed by atoms with Crippen molar-refractivity contribution < 1.29 is 8.78 Å². The minimum absolute atomic E-state index is 0.0985. The van der Waals surface area contributed by atoms with E-state index >= 15 is 0 Å². The van der Waals surface area contributed by atoms with Gasteiger partial charge >= 0.3 is 0 Å². The van der Waals surface area contributed by atoms with Crippen molar-refractivity contribution in [2.45, 2.75) is 12.5 Å². The Labute approximate surface area is 156 Å². The summed E-state index contributed by atoms with van der Waals surface area (Å²) < 4.78 is 28.6. The van der Waals surface area contributed by atoms with Gasteiger partial charge in [-0.2, -0.15) is 5.10 Å². The molecule has 1 atom stereocenters. The fourth-order valence-electron chi connectivity index (χ4n) is 2.92. The van der Waals surface area contributed by atoms with Crippen LogP contribution in [0.3, 0.4) is 0 Å². The molecule has 0 bridgehead atoms. The van der Waals surface area contributed by atoms with Gasteiger partial charge < -0.3 is 0 Å². The van der Waals surface area contributed by atoms with Crippen LogP contribution in [-0.4, -0.2) is 5.71 Å². The average Bonchev–Trinajstić information content (AvgIpc) is 3.24. The largest absolute Gasteiger partial charge is 0.254 e. The van der Waals surface area contributed by atoms with E-state index in [0.717, 1.165) is 26.7 Å². The van der Waals surface area contributed by atoms with Gasteiger partial charge in [-0.3, -0.25) is 5.01 Å². The second kappa shape index (κ2) is 6.69. The number of hydrogen-bond acceptors (Lipinski definition) is 3. The molecule has 2 nitrogen and oxygen atoms in total.